The largest absolute Gasteiger partial charge is 0.493 e. The van der Waals surface area contributed by atoms with Gasteiger partial charge in [-0.3, -0.25) is 4.79 Å². The van der Waals surface area contributed by atoms with Crippen LogP contribution in [0.2, 0.25) is 0 Å². The van der Waals surface area contributed by atoms with Gasteiger partial charge in [0.25, 0.3) is 5.91 Å². The second-order valence-electron chi connectivity index (χ2n) is 4.53. The van der Waals surface area contributed by atoms with Crippen molar-refractivity contribution in [3.63, 3.8) is 0 Å². The molecule has 0 aliphatic carbocycles. The molecule has 5 nitrogen and oxygen atoms in total. The van der Waals surface area contributed by atoms with E-state index in [1.165, 1.54) is 6.07 Å². The SMILES string of the molecule is CC(C)(O)CCOc1ccc(N)cc1C(N)=O. The number of aliphatic hydroxyl groups is 1. The topological polar surface area (TPSA) is 98.6 Å². The number of carbonyl (C=O) groups is 1. The molecule has 0 aliphatic rings. The number of hydrogen-bond acceptors (Lipinski definition) is 4. The summed E-state index contributed by atoms with van der Waals surface area (Å²) in [5, 5.41) is 9.53. The highest BCUT2D eigenvalue weighted by atomic mass is 16.5. The number of hydrogen-bond donors (Lipinski definition) is 3. The number of benzene rings is 1. The van der Waals surface area contributed by atoms with Crippen LogP contribution in [0.1, 0.15) is 30.6 Å². The molecule has 1 aromatic carbocycles. The minimum absolute atomic E-state index is 0.251. The van der Waals surface area contributed by atoms with Crippen LogP contribution in [0.4, 0.5) is 5.69 Å². The molecule has 0 aromatic heterocycles. The highest BCUT2D eigenvalue weighted by Crippen LogP contribution is 2.21. The molecule has 5 heteroatoms. The molecule has 0 unspecified atom stereocenters. The van der Waals surface area contributed by atoms with Gasteiger partial charge in [-0.15, -0.1) is 0 Å². The van der Waals surface area contributed by atoms with E-state index in [4.69, 9.17) is 16.2 Å². The Hall–Kier alpha value is -1.75. The number of ether oxygens (including phenoxy) is 1. The third-order valence-corrected chi connectivity index (χ3v) is 2.24. The molecule has 0 spiro atoms. The molecule has 0 heterocycles. The Balaban J connectivity index is 2.74. The van der Waals surface area contributed by atoms with Crippen LogP contribution in [0.25, 0.3) is 0 Å². The van der Waals surface area contributed by atoms with E-state index in [0.29, 0.717) is 24.5 Å². The molecule has 1 aromatic rings. The standard InChI is InChI=1S/C12H18N2O3/c1-12(2,16)5-6-17-10-4-3-8(13)7-9(10)11(14)15/h3-4,7,16H,5-6,13H2,1-2H3,(H2,14,15). The number of nitrogens with two attached hydrogens (primary N) is 2. The molecule has 0 saturated heterocycles. The molecule has 0 aliphatic heterocycles. The third kappa shape index (κ3) is 4.32. The van der Waals surface area contributed by atoms with Gasteiger partial charge in [0, 0.05) is 12.1 Å². The van der Waals surface area contributed by atoms with Crippen molar-refractivity contribution < 1.29 is 14.6 Å². The highest BCUT2D eigenvalue weighted by Gasteiger charge is 2.14. The van der Waals surface area contributed by atoms with Gasteiger partial charge in [-0.05, 0) is 32.0 Å². The maximum absolute atomic E-state index is 11.2. The minimum atomic E-state index is -0.805. The van der Waals surface area contributed by atoms with Gasteiger partial charge in [0.2, 0.25) is 0 Å². The zero-order valence-electron chi connectivity index (χ0n) is 10.1. The lowest BCUT2D eigenvalue weighted by atomic mass is 10.1. The average molecular weight is 238 g/mol. The first kappa shape index (κ1) is 13.3. The van der Waals surface area contributed by atoms with Crippen LogP contribution in [-0.2, 0) is 0 Å². The summed E-state index contributed by atoms with van der Waals surface area (Å²) < 4.78 is 5.41. The Labute approximate surface area is 100 Å². The van der Waals surface area contributed by atoms with Crippen molar-refractivity contribution in [3.05, 3.63) is 23.8 Å². The molecular weight excluding hydrogens is 220 g/mol. The monoisotopic (exact) mass is 238 g/mol. The van der Waals surface area contributed by atoms with E-state index in [2.05, 4.69) is 0 Å². The second-order valence-corrected chi connectivity index (χ2v) is 4.53. The van der Waals surface area contributed by atoms with Crippen molar-refractivity contribution in [2.45, 2.75) is 25.9 Å². The molecule has 1 rings (SSSR count). The van der Waals surface area contributed by atoms with Crippen LogP contribution >= 0.6 is 0 Å². The van der Waals surface area contributed by atoms with Gasteiger partial charge in [0.15, 0.2) is 0 Å². The first-order chi connectivity index (χ1) is 7.79. The van der Waals surface area contributed by atoms with Crippen LogP contribution in [-0.4, -0.2) is 23.2 Å². The molecular formula is C12H18N2O3. The number of amides is 1. The lowest BCUT2D eigenvalue weighted by Crippen LogP contribution is -2.22. The lowest BCUT2D eigenvalue weighted by molar-refractivity contribution is 0.0552. The molecule has 17 heavy (non-hydrogen) atoms. The Morgan fingerprint density at radius 1 is 1.47 bits per heavy atom. The van der Waals surface area contributed by atoms with Crippen molar-refractivity contribution in [1.29, 1.82) is 0 Å². The Morgan fingerprint density at radius 3 is 2.65 bits per heavy atom. The first-order valence-corrected chi connectivity index (χ1v) is 5.34. The average Bonchev–Trinajstić information content (AvgIpc) is 2.18. The van der Waals surface area contributed by atoms with Crippen LogP contribution in [0.15, 0.2) is 18.2 Å². The third-order valence-electron chi connectivity index (χ3n) is 2.24. The molecule has 0 saturated carbocycles. The van der Waals surface area contributed by atoms with Crippen LogP contribution < -0.4 is 16.2 Å². The van der Waals surface area contributed by atoms with E-state index < -0.39 is 11.5 Å². The Morgan fingerprint density at radius 2 is 2.12 bits per heavy atom. The van der Waals surface area contributed by atoms with E-state index in [1.54, 1.807) is 26.0 Å². The second kappa shape index (κ2) is 5.05. The first-order valence-electron chi connectivity index (χ1n) is 5.34. The summed E-state index contributed by atoms with van der Waals surface area (Å²) in [5.74, 6) is -0.202. The zero-order valence-corrected chi connectivity index (χ0v) is 10.1. The maximum atomic E-state index is 11.2. The van der Waals surface area contributed by atoms with Crippen molar-refractivity contribution in [3.8, 4) is 5.75 Å². The van der Waals surface area contributed by atoms with E-state index in [0.717, 1.165) is 0 Å². The molecule has 0 fully saturated rings. The Kier molecular flexibility index (Phi) is 3.96. The summed E-state index contributed by atoms with van der Waals surface area (Å²) in [6.45, 7) is 3.68. The quantitative estimate of drug-likeness (QED) is 0.664. The molecule has 94 valence electrons. The van der Waals surface area contributed by atoms with E-state index in [1.807, 2.05) is 0 Å². The van der Waals surface area contributed by atoms with Crippen molar-refractivity contribution >= 4 is 11.6 Å². The smallest absolute Gasteiger partial charge is 0.252 e. The summed E-state index contributed by atoms with van der Waals surface area (Å²) in [6.07, 6.45) is 0.454. The number of carbonyl (C=O) groups excluding carboxylic acids is 1. The lowest BCUT2D eigenvalue weighted by Gasteiger charge is -2.17. The van der Waals surface area contributed by atoms with E-state index >= 15 is 0 Å². The van der Waals surface area contributed by atoms with Gasteiger partial charge in [-0.1, -0.05) is 0 Å². The van der Waals surface area contributed by atoms with Gasteiger partial charge < -0.3 is 21.3 Å². The summed E-state index contributed by atoms with van der Waals surface area (Å²) in [7, 11) is 0. The number of primary amides is 1. The number of rotatable bonds is 5. The van der Waals surface area contributed by atoms with E-state index in [-0.39, 0.29) is 5.56 Å². The summed E-state index contributed by atoms with van der Waals surface area (Å²) in [5.41, 5.74) is 10.7. The zero-order chi connectivity index (χ0) is 13.1. The summed E-state index contributed by atoms with van der Waals surface area (Å²) >= 11 is 0. The van der Waals surface area contributed by atoms with Gasteiger partial charge in [-0.25, -0.2) is 0 Å². The summed E-state index contributed by atoms with van der Waals surface area (Å²) in [6, 6.07) is 4.70. The van der Waals surface area contributed by atoms with Crippen molar-refractivity contribution in [2.24, 2.45) is 5.73 Å². The molecule has 0 radical (unpaired) electrons. The fourth-order valence-electron chi connectivity index (χ4n) is 1.28. The van der Waals surface area contributed by atoms with Crippen LogP contribution in [0.5, 0.6) is 5.75 Å². The summed E-state index contributed by atoms with van der Waals surface area (Å²) in [4.78, 5) is 11.2. The van der Waals surface area contributed by atoms with Gasteiger partial charge in [0.05, 0.1) is 17.8 Å². The number of anilines is 1. The molecule has 1 amide bonds. The highest BCUT2D eigenvalue weighted by molar-refractivity contribution is 5.96. The maximum Gasteiger partial charge on any atom is 0.252 e. The minimum Gasteiger partial charge on any atom is -0.493 e. The van der Waals surface area contributed by atoms with Gasteiger partial charge >= 0.3 is 0 Å². The fourth-order valence-corrected chi connectivity index (χ4v) is 1.28. The number of nitrogen functional groups attached to an aromatic ring is 1. The molecule has 5 N–H and O–H groups in total. The molecule has 0 atom stereocenters. The Bertz CT molecular complexity index is 411. The van der Waals surface area contributed by atoms with E-state index in [9.17, 15) is 9.90 Å². The fraction of sp³-hybridized carbons (Fsp3) is 0.417. The normalized spacial score (nSPS) is 11.2. The van der Waals surface area contributed by atoms with Gasteiger partial charge in [0.1, 0.15) is 5.75 Å². The predicted molar refractivity (Wildman–Crippen MR) is 65.8 cm³/mol. The van der Waals surface area contributed by atoms with Crippen LogP contribution in [0, 0.1) is 0 Å². The van der Waals surface area contributed by atoms with Crippen molar-refractivity contribution in [2.75, 3.05) is 12.3 Å². The van der Waals surface area contributed by atoms with Crippen molar-refractivity contribution in [1.82, 2.24) is 0 Å². The van der Waals surface area contributed by atoms with Gasteiger partial charge in [-0.2, -0.15) is 0 Å². The molecule has 0 bridgehead atoms. The van der Waals surface area contributed by atoms with Crippen LogP contribution in [0.3, 0.4) is 0 Å². The predicted octanol–water partition coefficient (Wildman–Crippen LogP) is 0.908.